The number of ether oxygens (including phenoxy) is 2. The van der Waals surface area contributed by atoms with Gasteiger partial charge in [-0.1, -0.05) is 13.8 Å². The van der Waals surface area contributed by atoms with Crippen LogP contribution in [-0.2, 0) is 4.74 Å². The average molecular weight is 267 g/mol. The van der Waals surface area contributed by atoms with Gasteiger partial charge in [0, 0.05) is 18.4 Å². The van der Waals surface area contributed by atoms with Crippen molar-refractivity contribution in [2.45, 2.75) is 40.7 Å². The molecule has 108 valence electrons. The topological polar surface area (TPSA) is 56.3 Å². The first-order valence-corrected chi connectivity index (χ1v) is 6.89. The second-order valence-corrected chi connectivity index (χ2v) is 4.76. The minimum absolute atomic E-state index is 0.191. The summed E-state index contributed by atoms with van der Waals surface area (Å²) in [5, 5.41) is 3.33. The molecule has 0 amide bonds. The van der Waals surface area contributed by atoms with Gasteiger partial charge in [-0.25, -0.2) is 4.98 Å². The van der Waals surface area contributed by atoms with Crippen LogP contribution in [0.5, 0.6) is 5.88 Å². The molecular formula is C14H25N3O2. The third-order valence-corrected chi connectivity index (χ3v) is 2.74. The van der Waals surface area contributed by atoms with E-state index in [-0.39, 0.29) is 6.04 Å². The SMILES string of the molecule is CCOCC(Nc1nc(C)cc(OCC)n1)C(C)C. The van der Waals surface area contributed by atoms with E-state index in [1.165, 1.54) is 0 Å². The average Bonchev–Trinajstić information content (AvgIpc) is 2.33. The van der Waals surface area contributed by atoms with Gasteiger partial charge in [-0.05, 0) is 26.7 Å². The van der Waals surface area contributed by atoms with E-state index < -0.39 is 0 Å². The molecule has 0 bridgehead atoms. The lowest BCUT2D eigenvalue weighted by molar-refractivity contribution is 0.126. The Morgan fingerprint density at radius 2 is 1.95 bits per heavy atom. The largest absolute Gasteiger partial charge is 0.478 e. The Balaban J connectivity index is 2.77. The highest BCUT2D eigenvalue weighted by Gasteiger charge is 2.15. The summed E-state index contributed by atoms with van der Waals surface area (Å²) < 4.78 is 10.9. The first-order chi connectivity index (χ1) is 9.06. The van der Waals surface area contributed by atoms with E-state index in [1.807, 2.05) is 26.8 Å². The normalized spacial score (nSPS) is 12.5. The molecular weight excluding hydrogens is 242 g/mol. The van der Waals surface area contributed by atoms with Crippen molar-refractivity contribution in [3.63, 3.8) is 0 Å². The van der Waals surface area contributed by atoms with Crippen LogP contribution in [-0.4, -0.2) is 35.8 Å². The molecule has 0 aromatic carbocycles. The van der Waals surface area contributed by atoms with E-state index in [4.69, 9.17) is 9.47 Å². The molecule has 0 saturated heterocycles. The van der Waals surface area contributed by atoms with Crippen molar-refractivity contribution in [2.24, 2.45) is 5.92 Å². The second-order valence-electron chi connectivity index (χ2n) is 4.76. The summed E-state index contributed by atoms with van der Waals surface area (Å²) in [6.45, 7) is 12.1. The van der Waals surface area contributed by atoms with Gasteiger partial charge >= 0.3 is 0 Å². The number of anilines is 1. The quantitative estimate of drug-likeness (QED) is 0.784. The lowest BCUT2D eigenvalue weighted by Gasteiger charge is -2.22. The minimum atomic E-state index is 0.191. The predicted molar refractivity (Wildman–Crippen MR) is 76.7 cm³/mol. The van der Waals surface area contributed by atoms with Gasteiger partial charge in [0.15, 0.2) is 0 Å². The van der Waals surface area contributed by atoms with Crippen molar-refractivity contribution in [1.82, 2.24) is 9.97 Å². The molecule has 0 radical (unpaired) electrons. The van der Waals surface area contributed by atoms with Gasteiger partial charge < -0.3 is 14.8 Å². The van der Waals surface area contributed by atoms with Crippen LogP contribution in [0.2, 0.25) is 0 Å². The first-order valence-electron chi connectivity index (χ1n) is 6.89. The molecule has 1 aromatic rings. The van der Waals surface area contributed by atoms with E-state index in [2.05, 4.69) is 29.1 Å². The van der Waals surface area contributed by atoms with Crippen LogP contribution in [0.4, 0.5) is 5.95 Å². The summed E-state index contributed by atoms with van der Waals surface area (Å²) in [7, 11) is 0. The van der Waals surface area contributed by atoms with Crippen molar-refractivity contribution in [3.8, 4) is 5.88 Å². The molecule has 1 aromatic heterocycles. The van der Waals surface area contributed by atoms with Crippen LogP contribution >= 0.6 is 0 Å². The first kappa shape index (κ1) is 15.7. The number of nitrogens with zero attached hydrogens (tertiary/aromatic N) is 2. The van der Waals surface area contributed by atoms with E-state index in [0.29, 0.717) is 37.6 Å². The molecule has 0 aliphatic heterocycles. The molecule has 0 fully saturated rings. The Morgan fingerprint density at radius 3 is 2.53 bits per heavy atom. The number of aryl methyl sites for hydroxylation is 1. The summed E-state index contributed by atoms with van der Waals surface area (Å²) in [6.07, 6.45) is 0. The highest BCUT2D eigenvalue weighted by atomic mass is 16.5. The Bertz CT molecular complexity index is 383. The maximum Gasteiger partial charge on any atom is 0.226 e. The van der Waals surface area contributed by atoms with Crippen LogP contribution in [0.3, 0.4) is 0 Å². The number of hydrogen-bond donors (Lipinski definition) is 1. The van der Waals surface area contributed by atoms with Crippen molar-refractivity contribution < 1.29 is 9.47 Å². The summed E-state index contributed by atoms with van der Waals surface area (Å²) in [6, 6.07) is 2.03. The van der Waals surface area contributed by atoms with Crippen LogP contribution in [0.1, 0.15) is 33.4 Å². The fourth-order valence-electron chi connectivity index (χ4n) is 1.64. The number of rotatable bonds is 8. The Labute approximate surface area is 115 Å². The lowest BCUT2D eigenvalue weighted by atomic mass is 10.1. The molecule has 5 heteroatoms. The maximum atomic E-state index is 5.49. The van der Waals surface area contributed by atoms with Crippen molar-refractivity contribution in [2.75, 3.05) is 25.1 Å². The van der Waals surface area contributed by atoms with Gasteiger partial charge in [0.2, 0.25) is 11.8 Å². The van der Waals surface area contributed by atoms with E-state index in [0.717, 1.165) is 5.69 Å². The van der Waals surface area contributed by atoms with E-state index in [9.17, 15) is 0 Å². The van der Waals surface area contributed by atoms with E-state index >= 15 is 0 Å². The fraction of sp³-hybridized carbons (Fsp3) is 0.714. The molecule has 5 nitrogen and oxygen atoms in total. The Morgan fingerprint density at radius 1 is 1.21 bits per heavy atom. The van der Waals surface area contributed by atoms with Crippen LogP contribution < -0.4 is 10.1 Å². The molecule has 0 aliphatic rings. The molecule has 0 saturated carbocycles. The van der Waals surface area contributed by atoms with Gasteiger partial charge in [0.25, 0.3) is 0 Å². The molecule has 0 spiro atoms. The van der Waals surface area contributed by atoms with Gasteiger partial charge in [-0.15, -0.1) is 0 Å². The van der Waals surface area contributed by atoms with Crippen molar-refractivity contribution in [3.05, 3.63) is 11.8 Å². The zero-order valence-corrected chi connectivity index (χ0v) is 12.6. The summed E-state index contributed by atoms with van der Waals surface area (Å²) in [5.41, 5.74) is 0.889. The molecule has 19 heavy (non-hydrogen) atoms. The molecule has 1 heterocycles. The third kappa shape index (κ3) is 5.42. The molecule has 0 aliphatic carbocycles. The molecule has 1 rings (SSSR count). The number of hydrogen-bond acceptors (Lipinski definition) is 5. The lowest BCUT2D eigenvalue weighted by Crippen LogP contribution is -2.31. The van der Waals surface area contributed by atoms with Gasteiger partial charge in [-0.3, -0.25) is 0 Å². The molecule has 1 atom stereocenters. The third-order valence-electron chi connectivity index (χ3n) is 2.74. The summed E-state index contributed by atoms with van der Waals surface area (Å²) >= 11 is 0. The van der Waals surface area contributed by atoms with Crippen LogP contribution in [0.25, 0.3) is 0 Å². The van der Waals surface area contributed by atoms with Gasteiger partial charge in [0.1, 0.15) is 0 Å². The monoisotopic (exact) mass is 267 g/mol. The molecule has 1 unspecified atom stereocenters. The summed E-state index contributed by atoms with van der Waals surface area (Å²) in [4.78, 5) is 8.74. The minimum Gasteiger partial charge on any atom is -0.478 e. The standard InChI is InChI=1S/C14H25N3O2/c1-6-18-9-12(10(3)4)16-14-15-11(5)8-13(17-14)19-7-2/h8,10,12H,6-7,9H2,1-5H3,(H,15,16,17). The second kappa shape index (κ2) is 7.94. The van der Waals surface area contributed by atoms with Gasteiger partial charge in [-0.2, -0.15) is 4.98 Å². The summed E-state index contributed by atoms with van der Waals surface area (Å²) in [5.74, 6) is 1.64. The highest BCUT2D eigenvalue weighted by Crippen LogP contribution is 2.15. The van der Waals surface area contributed by atoms with Crippen molar-refractivity contribution in [1.29, 1.82) is 0 Å². The zero-order chi connectivity index (χ0) is 14.3. The number of aromatic nitrogens is 2. The van der Waals surface area contributed by atoms with E-state index in [1.54, 1.807) is 0 Å². The van der Waals surface area contributed by atoms with Crippen molar-refractivity contribution >= 4 is 5.95 Å². The molecule has 1 N–H and O–H groups in total. The maximum absolute atomic E-state index is 5.49. The smallest absolute Gasteiger partial charge is 0.226 e. The van der Waals surface area contributed by atoms with Crippen LogP contribution in [0, 0.1) is 12.8 Å². The fourth-order valence-corrected chi connectivity index (χ4v) is 1.64. The van der Waals surface area contributed by atoms with Gasteiger partial charge in [0.05, 0.1) is 19.3 Å². The zero-order valence-electron chi connectivity index (χ0n) is 12.6. The Kier molecular flexibility index (Phi) is 6.56. The predicted octanol–water partition coefficient (Wildman–Crippen LogP) is 2.66. The number of nitrogens with one attached hydrogen (secondary N) is 1. The van der Waals surface area contributed by atoms with Crippen LogP contribution in [0.15, 0.2) is 6.07 Å². The Hall–Kier alpha value is -1.36. The highest BCUT2D eigenvalue weighted by molar-refractivity contribution is 5.32.